The molecule has 1 aromatic carbocycles. The first-order valence-electron chi connectivity index (χ1n) is 5.35. The number of amidine groups is 1. The number of hydrogen-bond acceptors (Lipinski definition) is 3. The summed E-state index contributed by atoms with van der Waals surface area (Å²) in [4.78, 5) is 6.89. The Morgan fingerprint density at radius 2 is 2.13 bits per heavy atom. The molecule has 3 rings (SSSR count). The van der Waals surface area contributed by atoms with Gasteiger partial charge in [-0.3, -0.25) is 4.99 Å². The molecular formula is C12H14N2S. The number of hydrogen-bond donors (Lipinski definition) is 0. The van der Waals surface area contributed by atoms with Gasteiger partial charge in [-0.1, -0.05) is 41.6 Å². The second-order valence-electron chi connectivity index (χ2n) is 4.13. The van der Waals surface area contributed by atoms with Crippen molar-refractivity contribution in [2.75, 3.05) is 19.6 Å². The number of rotatable bonds is 1. The number of benzene rings is 1. The van der Waals surface area contributed by atoms with Gasteiger partial charge in [0.2, 0.25) is 0 Å². The van der Waals surface area contributed by atoms with Crippen LogP contribution in [-0.4, -0.2) is 29.7 Å². The maximum absolute atomic E-state index is 4.50. The van der Waals surface area contributed by atoms with Crippen LogP contribution in [0.15, 0.2) is 29.3 Å². The first-order chi connectivity index (χ1) is 7.33. The fourth-order valence-electron chi connectivity index (χ4n) is 2.06. The lowest BCUT2D eigenvalue weighted by molar-refractivity contribution is 0.476. The van der Waals surface area contributed by atoms with Crippen molar-refractivity contribution in [3.8, 4) is 0 Å². The minimum Gasteiger partial charge on any atom is -0.348 e. The van der Waals surface area contributed by atoms with E-state index < -0.39 is 0 Å². The molecule has 2 nitrogen and oxygen atoms in total. The van der Waals surface area contributed by atoms with Crippen LogP contribution in [0.1, 0.15) is 16.4 Å². The standard InChI is InChI=1S/C12H14N2S/c1-9-2-4-10(5-3-9)11-8-14-7-6-13-12(14)15-11/h2-5,11H,6-8H2,1H3. The molecule has 0 bridgehead atoms. The van der Waals surface area contributed by atoms with Crippen molar-refractivity contribution >= 4 is 16.9 Å². The maximum Gasteiger partial charge on any atom is 0.160 e. The molecule has 0 N–H and O–H groups in total. The second-order valence-corrected chi connectivity index (χ2v) is 5.30. The summed E-state index contributed by atoms with van der Waals surface area (Å²) in [5, 5.41) is 1.84. The number of aryl methyl sites for hydroxylation is 1. The molecule has 2 aliphatic heterocycles. The van der Waals surface area contributed by atoms with Crippen LogP contribution in [0.25, 0.3) is 0 Å². The minimum atomic E-state index is 0.588. The normalized spacial score (nSPS) is 24.2. The predicted octanol–water partition coefficient (Wildman–Crippen LogP) is 2.45. The molecule has 15 heavy (non-hydrogen) atoms. The van der Waals surface area contributed by atoms with Crippen LogP contribution >= 0.6 is 11.8 Å². The smallest absolute Gasteiger partial charge is 0.160 e. The Bertz CT molecular complexity index is 397. The van der Waals surface area contributed by atoms with Gasteiger partial charge >= 0.3 is 0 Å². The third-order valence-corrected chi connectivity index (χ3v) is 4.27. The van der Waals surface area contributed by atoms with Gasteiger partial charge in [-0.2, -0.15) is 0 Å². The van der Waals surface area contributed by atoms with E-state index in [1.165, 1.54) is 16.3 Å². The van der Waals surface area contributed by atoms with Crippen LogP contribution in [-0.2, 0) is 0 Å². The molecule has 1 aromatic rings. The molecule has 0 aliphatic carbocycles. The van der Waals surface area contributed by atoms with E-state index in [0.29, 0.717) is 5.25 Å². The third kappa shape index (κ3) is 1.65. The van der Waals surface area contributed by atoms with Gasteiger partial charge in [-0.25, -0.2) is 0 Å². The second kappa shape index (κ2) is 3.56. The average molecular weight is 218 g/mol. The van der Waals surface area contributed by atoms with Crippen molar-refractivity contribution in [3.05, 3.63) is 35.4 Å². The Hall–Kier alpha value is -0.960. The number of aliphatic imine (C=N–C) groups is 1. The summed E-state index contributed by atoms with van der Waals surface area (Å²) in [6, 6.07) is 8.88. The summed E-state index contributed by atoms with van der Waals surface area (Å²) >= 11 is 1.92. The highest BCUT2D eigenvalue weighted by Crippen LogP contribution is 2.39. The van der Waals surface area contributed by atoms with E-state index in [1.807, 2.05) is 11.8 Å². The minimum absolute atomic E-state index is 0.588. The lowest BCUT2D eigenvalue weighted by Crippen LogP contribution is -2.21. The third-order valence-electron chi connectivity index (χ3n) is 2.97. The average Bonchev–Trinajstić information content (AvgIpc) is 2.78. The molecule has 0 amide bonds. The van der Waals surface area contributed by atoms with E-state index in [0.717, 1.165) is 19.6 Å². The van der Waals surface area contributed by atoms with Crippen LogP contribution in [0, 0.1) is 6.92 Å². The van der Waals surface area contributed by atoms with E-state index in [4.69, 9.17) is 0 Å². The summed E-state index contributed by atoms with van der Waals surface area (Å²) in [7, 11) is 0. The van der Waals surface area contributed by atoms with Gasteiger partial charge in [0.05, 0.1) is 11.8 Å². The molecule has 1 atom stereocenters. The molecule has 3 heteroatoms. The Labute approximate surface area is 94.4 Å². The quantitative estimate of drug-likeness (QED) is 0.719. The first-order valence-corrected chi connectivity index (χ1v) is 6.23. The molecule has 2 heterocycles. The highest BCUT2D eigenvalue weighted by Gasteiger charge is 2.31. The van der Waals surface area contributed by atoms with Gasteiger partial charge in [0.15, 0.2) is 5.17 Å². The highest BCUT2D eigenvalue weighted by molar-refractivity contribution is 8.14. The fourth-order valence-corrected chi connectivity index (χ4v) is 3.35. The summed E-state index contributed by atoms with van der Waals surface area (Å²) < 4.78 is 0. The number of fused-ring (bicyclic) bond motifs is 1. The zero-order valence-corrected chi connectivity index (χ0v) is 9.63. The van der Waals surface area contributed by atoms with Gasteiger partial charge in [0, 0.05) is 13.1 Å². The molecule has 0 spiro atoms. The van der Waals surface area contributed by atoms with Crippen molar-refractivity contribution in [2.45, 2.75) is 12.2 Å². The maximum atomic E-state index is 4.50. The molecular weight excluding hydrogens is 204 g/mol. The van der Waals surface area contributed by atoms with Crippen LogP contribution in [0.3, 0.4) is 0 Å². The molecule has 1 saturated heterocycles. The summed E-state index contributed by atoms with van der Waals surface area (Å²) in [5.74, 6) is 0. The van der Waals surface area contributed by atoms with E-state index in [1.54, 1.807) is 0 Å². The van der Waals surface area contributed by atoms with Crippen molar-refractivity contribution in [1.29, 1.82) is 0 Å². The molecule has 1 fully saturated rings. The van der Waals surface area contributed by atoms with Crippen molar-refractivity contribution in [1.82, 2.24) is 4.90 Å². The Balaban J connectivity index is 1.82. The number of thioether (sulfide) groups is 1. The van der Waals surface area contributed by atoms with Crippen LogP contribution in [0.2, 0.25) is 0 Å². The number of nitrogens with zero attached hydrogens (tertiary/aromatic N) is 2. The largest absolute Gasteiger partial charge is 0.348 e. The zero-order chi connectivity index (χ0) is 10.3. The van der Waals surface area contributed by atoms with Crippen LogP contribution in [0.4, 0.5) is 0 Å². The van der Waals surface area contributed by atoms with Gasteiger partial charge in [0.25, 0.3) is 0 Å². The van der Waals surface area contributed by atoms with E-state index in [9.17, 15) is 0 Å². The van der Waals surface area contributed by atoms with Crippen molar-refractivity contribution in [3.63, 3.8) is 0 Å². The summed E-state index contributed by atoms with van der Waals surface area (Å²) in [6.07, 6.45) is 0. The molecule has 78 valence electrons. The SMILES string of the molecule is Cc1ccc(C2CN3CCN=C3S2)cc1. The molecule has 0 aromatic heterocycles. The molecule has 0 saturated carbocycles. The van der Waals surface area contributed by atoms with Gasteiger partial charge in [-0.05, 0) is 12.5 Å². The van der Waals surface area contributed by atoms with Crippen molar-refractivity contribution in [2.24, 2.45) is 4.99 Å². The van der Waals surface area contributed by atoms with Gasteiger partial charge < -0.3 is 4.90 Å². The lowest BCUT2D eigenvalue weighted by atomic mass is 10.1. The molecule has 1 unspecified atom stereocenters. The van der Waals surface area contributed by atoms with Gasteiger partial charge in [0.1, 0.15) is 0 Å². The van der Waals surface area contributed by atoms with Gasteiger partial charge in [-0.15, -0.1) is 0 Å². The molecule has 0 radical (unpaired) electrons. The van der Waals surface area contributed by atoms with Crippen LogP contribution < -0.4 is 0 Å². The highest BCUT2D eigenvalue weighted by atomic mass is 32.2. The Morgan fingerprint density at radius 1 is 1.33 bits per heavy atom. The summed E-state index contributed by atoms with van der Waals surface area (Å²) in [6.45, 7) is 5.37. The monoisotopic (exact) mass is 218 g/mol. The first kappa shape index (κ1) is 9.28. The Morgan fingerprint density at radius 3 is 2.87 bits per heavy atom. The fraction of sp³-hybridized carbons (Fsp3) is 0.417. The van der Waals surface area contributed by atoms with Crippen molar-refractivity contribution < 1.29 is 0 Å². The topological polar surface area (TPSA) is 15.6 Å². The summed E-state index contributed by atoms with van der Waals surface area (Å²) in [5.41, 5.74) is 2.77. The van der Waals surface area contributed by atoms with E-state index >= 15 is 0 Å². The zero-order valence-electron chi connectivity index (χ0n) is 8.81. The predicted molar refractivity (Wildman–Crippen MR) is 65.4 cm³/mol. The molecule has 2 aliphatic rings. The van der Waals surface area contributed by atoms with E-state index in [-0.39, 0.29) is 0 Å². The lowest BCUT2D eigenvalue weighted by Gasteiger charge is -2.11. The van der Waals surface area contributed by atoms with Crippen LogP contribution in [0.5, 0.6) is 0 Å². The Kier molecular flexibility index (Phi) is 2.20. The van der Waals surface area contributed by atoms with E-state index in [2.05, 4.69) is 41.1 Å².